The molecule has 0 aliphatic rings. The van der Waals surface area contributed by atoms with E-state index in [9.17, 15) is 14.2 Å². The molecule has 1 unspecified atom stereocenters. The number of alkyl carbamates (subject to hydrolysis) is 1. The maximum atomic E-state index is 11.7. The van der Waals surface area contributed by atoms with Gasteiger partial charge in [-0.1, -0.05) is 30.3 Å². The summed E-state index contributed by atoms with van der Waals surface area (Å²) in [6.45, 7) is 0.0322. The van der Waals surface area contributed by atoms with Crippen LogP contribution < -0.4 is 5.32 Å². The molecular weight excluding hydrogens is 325 g/mol. The number of carbonyl (C=O) groups is 2. The zero-order valence-corrected chi connectivity index (χ0v) is 13.3. The molecule has 0 heterocycles. The second-order valence-corrected chi connectivity index (χ2v) is 6.73. The Kier molecular flexibility index (Phi) is 7.74. The Bertz CT molecular complexity index is 558. The molecule has 8 nitrogen and oxygen atoms in total. The molecule has 1 aromatic rings. The van der Waals surface area contributed by atoms with Gasteiger partial charge in [-0.05, 0) is 18.4 Å². The SMILES string of the molecule is O=C(O)CCCC(CP(=O)(O)O)NC(=O)OCc1ccccc1. The number of carbonyl (C=O) groups excluding carboxylic acids is 1. The zero-order chi connectivity index (χ0) is 17.3. The first-order valence-corrected chi connectivity index (χ1v) is 8.79. The molecule has 1 rings (SSSR count). The van der Waals surface area contributed by atoms with Crippen molar-refractivity contribution in [2.75, 3.05) is 6.16 Å². The first kappa shape index (κ1) is 19.2. The first-order chi connectivity index (χ1) is 10.8. The molecule has 23 heavy (non-hydrogen) atoms. The van der Waals surface area contributed by atoms with E-state index in [-0.39, 0.29) is 25.9 Å². The third kappa shape index (κ3) is 9.67. The summed E-state index contributed by atoms with van der Waals surface area (Å²) in [4.78, 5) is 40.2. The Balaban J connectivity index is 2.48. The largest absolute Gasteiger partial charge is 0.481 e. The van der Waals surface area contributed by atoms with E-state index >= 15 is 0 Å². The van der Waals surface area contributed by atoms with Crippen LogP contribution in [0.1, 0.15) is 24.8 Å². The predicted molar refractivity (Wildman–Crippen MR) is 81.9 cm³/mol. The van der Waals surface area contributed by atoms with Crippen molar-refractivity contribution in [3.63, 3.8) is 0 Å². The minimum absolute atomic E-state index is 0.0322. The standard InChI is InChI=1S/C14H20NO7P/c16-13(17)8-4-7-12(10-23(19,20)21)15-14(18)22-9-11-5-2-1-3-6-11/h1-3,5-6,12H,4,7-10H2,(H,15,18)(H,16,17)(H2,19,20,21). The second-order valence-electron chi connectivity index (χ2n) is 5.04. The summed E-state index contributed by atoms with van der Waals surface area (Å²) in [6.07, 6.45) is -1.18. The van der Waals surface area contributed by atoms with Crippen molar-refractivity contribution in [2.24, 2.45) is 0 Å². The highest BCUT2D eigenvalue weighted by molar-refractivity contribution is 7.51. The van der Waals surface area contributed by atoms with E-state index in [1.165, 1.54) is 0 Å². The van der Waals surface area contributed by atoms with E-state index in [2.05, 4.69) is 5.32 Å². The lowest BCUT2D eigenvalue weighted by molar-refractivity contribution is -0.137. The van der Waals surface area contributed by atoms with Crippen molar-refractivity contribution in [3.05, 3.63) is 35.9 Å². The maximum absolute atomic E-state index is 11.7. The molecule has 0 aliphatic carbocycles. The van der Waals surface area contributed by atoms with Crippen LogP contribution in [0.15, 0.2) is 30.3 Å². The number of hydrogen-bond acceptors (Lipinski definition) is 4. The molecule has 9 heteroatoms. The van der Waals surface area contributed by atoms with Gasteiger partial charge in [0.1, 0.15) is 6.61 Å². The minimum Gasteiger partial charge on any atom is -0.481 e. The van der Waals surface area contributed by atoms with E-state index in [0.29, 0.717) is 0 Å². The highest BCUT2D eigenvalue weighted by atomic mass is 31.2. The third-order valence-electron chi connectivity index (χ3n) is 2.94. The van der Waals surface area contributed by atoms with Crippen LogP contribution in [0.5, 0.6) is 0 Å². The van der Waals surface area contributed by atoms with Gasteiger partial charge in [0.15, 0.2) is 0 Å². The van der Waals surface area contributed by atoms with Crippen LogP contribution in [0.2, 0.25) is 0 Å². The van der Waals surface area contributed by atoms with Crippen LogP contribution in [-0.4, -0.2) is 39.2 Å². The molecule has 0 saturated carbocycles. The molecule has 1 amide bonds. The molecule has 1 atom stereocenters. The fourth-order valence-electron chi connectivity index (χ4n) is 1.93. The fourth-order valence-corrected chi connectivity index (χ4v) is 2.78. The molecule has 0 bridgehead atoms. The van der Waals surface area contributed by atoms with Gasteiger partial charge in [-0.15, -0.1) is 0 Å². The van der Waals surface area contributed by atoms with E-state index in [1.807, 2.05) is 6.07 Å². The van der Waals surface area contributed by atoms with Crippen molar-refractivity contribution >= 4 is 19.7 Å². The van der Waals surface area contributed by atoms with Gasteiger partial charge in [0.25, 0.3) is 0 Å². The van der Waals surface area contributed by atoms with Gasteiger partial charge >= 0.3 is 19.7 Å². The van der Waals surface area contributed by atoms with Crippen LogP contribution in [0.3, 0.4) is 0 Å². The van der Waals surface area contributed by atoms with E-state index in [1.54, 1.807) is 24.3 Å². The molecule has 1 aromatic carbocycles. The van der Waals surface area contributed by atoms with Crippen molar-refractivity contribution < 1.29 is 33.8 Å². The Labute approximate surface area is 133 Å². The summed E-state index contributed by atoms with van der Waals surface area (Å²) >= 11 is 0. The van der Waals surface area contributed by atoms with Gasteiger partial charge in [0, 0.05) is 12.5 Å². The summed E-state index contributed by atoms with van der Waals surface area (Å²) in [5.41, 5.74) is 0.778. The summed E-state index contributed by atoms with van der Waals surface area (Å²) in [7, 11) is -4.34. The minimum atomic E-state index is -4.34. The van der Waals surface area contributed by atoms with Crippen molar-refractivity contribution in [2.45, 2.75) is 31.9 Å². The summed E-state index contributed by atoms with van der Waals surface area (Å²) in [5, 5.41) is 11.0. The topological polar surface area (TPSA) is 133 Å². The lowest BCUT2D eigenvalue weighted by Gasteiger charge is -2.18. The van der Waals surface area contributed by atoms with E-state index in [0.717, 1.165) is 5.56 Å². The summed E-state index contributed by atoms with van der Waals surface area (Å²) < 4.78 is 16.1. The molecule has 0 aliphatic heterocycles. The normalized spacial score (nSPS) is 12.4. The highest BCUT2D eigenvalue weighted by Gasteiger charge is 2.23. The lowest BCUT2D eigenvalue weighted by Crippen LogP contribution is -2.37. The fraction of sp³-hybridized carbons (Fsp3) is 0.429. The molecule has 0 fully saturated rings. The number of amides is 1. The van der Waals surface area contributed by atoms with Gasteiger partial charge in [0.2, 0.25) is 0 Å². The molecule has 4 N–H and O–H groups in total. The van der Waals surface area contributed by atoms with Gasteiger partial charge in [-0.25, -0.2) is 4.79 Å². The predicted octanol–water partition coefficient (Wildman–Crippen LogP) is 1.71. The quantitative estimate of drug-likeness (QED) is 0.501. The van der Waals surface area contributed by atoms with Gasteiger partial charge in [-0.2, -0.15) is 0 Å². The lowest BCUT2D eigenvalue weighted by atomic mass is 10.1. The summed E-state index contributed by atoms with van der Waals surface area (Å²) in [6, 6.07) is 8.10. The third-order valence-corrected chi connectivity index (χ3v) is 3.85. The van der Waals surface area contributed by atoms with Crippen molar-refractivity contribution in [1.82, 2.24) is 5.32 Å². The van der Waals surface area contributed by atoms with Gasteiger partial charge < -0.3 is 24.9 Å². The Morgan fingerprint density at radius 1 is 1.22 bits per heavy atom. The number of carboxylic acids is 1. The van der Waals surface area contributed by atoms with Crippen molar-refractivity contribution in [3.8, 4) is 0 Å². The molecular formula is C14H20NO7P. The average Bonchev–Trinajstić information content (AvgIpc) is 2.44. The van der Waals surface area contributed by atoms with Crippen LogP contribution in [0.4, 0.5) is 4.79 Å². The monoisotopic (exact) mass is 345 g/mol. The molecule has 0 saturated heterocycles. The maximum Gasteiger partial charge on any atom is 0.407 e. The first-order valence-electron chi connectivity index (χ1n) is 7.00. The smallest absolute Gasteiger partial charge is 0.407 e. The number of hydrogen-bond donors (Lipinski definition) is 4. The van der Waals surface area contributed by atoms with Gasteiger partial charge in [0.05, 0.1) is 6.16 Å². The van der Waals surface area contributed by atoms with Crippen LogP contribution >= 0.6 is 7.60 Å². The molecule has 128 valence electrons. The Hall–Kier alpha value is -1.89. The van der Waals surface area contributed by atoms with E-state index < -0.39 is 31.9 Å². The van der Waals surface area contributed by atoms with Gasteiger partial charge in [-0.3, -0.25) is 9.36 Å². The number of aliphatic carboxylic acids is 1. The molecule has 0 spiro atoms. The molecule has 0 aromatic heterocycles. The second kappa shape index (κ2) is 9.29. The van der Waals surface area contributed by atoms with Crippen LogP contribution in [0.25, 0.3) is 0 Å². The number of carboxylic acid groups (broad SMARTS) is 1. The highest BCUT2D eigenvalue weighted by Crippen LogP contribution is 2.35. The summed E-state index contributed by atoms with van der Waals surface area (Å²) in [5.74, 6) is -1.01. The number of ether oxygens (including phenoxy) is 1. The molecule has 0 radical (unpaired) electrons. The van der Waals surface area contributed by atoms with Crippen LogP contribution in [0, 0.1) is 0 Å². The Morgan fingerprint density at radius 3 is 2.43 bits per heavy atom. The van der Waals surface area contributed by atoms with E-state index in [4.69, 9.17) is 19.6 Å². The van der Waals surface area contributed by atoms with Crippen molar-refractivity contribution in [1.29, 1.82) is 0 Å². The zero-order valence-electron chi connectivity index (χ0n) is 12.4. The number of nitrogens with one attached hydrogen (secondary N) is 1. The number of benzene rings is 1. The van der Waals surface area contributed by atoms with Crippen LogP contribution in [-0.2, 0) is 20.7 Å². The Morgan fingerprint density at radius 2 is 1.87 bits per heavy atom. The number of rotatable bonds is 9. The average molecular weight is 345 g/mol.